The average molecular weight is 487 g/mol. The first-order chi connectivity index (χ1) is 17.0. The van der Waals surface area contributed by atoms with Crippen LogP contribution in [0.5, 0.6) is 5.75 Å². The predicted molar refractivity (Wildman–Crippen MR) is 145 cm³/mol. The fourth-order valence-corrected chi connectivity index (χ4v) is 4.16. The minimum absolute atomic E-state index is 0.148. The first kappa shape index (κ1) is 27.0. The molecule has 190 valence electrons. The number of nitrogens with one attached hydrogen (secondary N) is 1. The molecule has 0 unspecified atom stereocenters. The van der Waals surface area contributed by atoms with Gasteiger partial charge in [0.25, 0.3) is 5.91 Å². The zero-order valence-electron chi connectivity index (χ0n) is 22.3. The number of benzene rings is 3. The van der Waals surface area contributed by atoms with Crippen molar-refractivity contribution in [2.75, 3.05) is 6.61 Å². The lowest BCUT2D eigenvalue weighted by Crippen LogP contribution is -2.55. The maximum absolute atomic E-state index is 13.7. The summed E-state index contributed by atoms with van der Waals surface area (Å²) in [5.41, 5.74) is 4.71. The molecule has 3 aromatic carbocycles. The van der Waals surface area contributed by atoms with Crippen LogP contribution < -0.4 is 10.1 Å². The molecule has 0 saturated carbocycles. The minimum atomic E-state index is -0.691. The van der Waals surface area contributed by atoms with Gasteiger partial charge in [-0.2, -0.15) is 0 Å². The van der Waals surface area contributed by atoms with Crippen molar-refractivity contribution in [2.24, 2.45) is 0 Å². The number of amides is 2. The lowest BCUT2D eigenvalue weighted by atomic mass is 10.0. The summed E-state index contributed by atoms with van der Waals surface area (Å²) in [6, 6.07) is 22.9. The number of rotatable bonds is 9. The summed E-state index contributed by atoms with van der Waals surface area (Å²) in [4.78, 5) is 29.0. The monoisotopic (exact) mass is 486 g/mol. The molecule has 3 aromatic rings. The summed E-state index contributed by atoms with van der Waals surface area (Å²) in [5.74, 6) is 0.278. The fraction of sp³-hybridized carbons (Fsp3) is 0.355. The van der Waals surface area contributed by atoms with E-state index in [9.17, 15) is 9.59 Å². The van der Waals surface area contributed by atoms with E-state index in [1.807, 2.05) is 108 Å². The van der Waals surface area contributed by atoms with E-state index in [1.54, 1.807) is 4.90 Å². The van der Waals surface area contributed by atoms with Gasteiger partial charge in [-0.25, -0.2) is 0 Å². The zero-order chi connectivity index (χ0) is 26.3. The van der Waals surface area contributed by atoms with E-state index in [2.05, 4.69) is 11.4 Å². The Morgan fingerprint density at radius 3 is 2.06 bits per heavy atom. The van der Waals surface area contributed by atoms with Gasteiger partial charge in [0.05, 0.1) is 0 Å². The van der Waals surface area contributed by atoms with Gasteiger partial charge in [0.1, 0.15) is 11.8 Å². The van der Waals surface area contributed by atoms with Gasteiger partial charge in [-0.3, -0.25) is 9.59 Å². The van der Waals surface area contributed by atoms with E-state index < -0.39 is 11.6 Å². The van der Waals surface area contributed by atoms with Crippen molar-refractivity contribution in [3.8, 4) is 5.75 Å². The Bertz CT molecular complexity index is 1170. The molecule has 36 heavy (non-hydrogen) atoms. The van der Waals surface area contributed by atoms with Crippen LogP contribution in [0, 0.1) is 20.8 Å². The van der Waals surface area contributed by atoms with Crippen molar-refractivity contribution >= 4 is 11.8 Å². The van der Waals surface area contributed by atoms with Crippen molar-refractivity contribution in [3.63, 3.8) is 0 Å². The highest BCUT2D eigenvalue weighted by atomic mass is 16.5. The van der Waals surface area contributed by atoms with E-state index in [0.717, 1.165) is 27.8 Å². The highest BCUT2D eigenvalue weighted by Crippen LogP contribution is 2.24. The van der Waals surface area contributed by atoms with Crippen LogP contribution in [0.15, 0.2) is 72.8 Å². The normalized spacial score (nSPS) is 12.1. The van der Waals surface area contributed by atoms with E-state index in [1.165, 1.54) is 0 Å². The van der Waals surface area contributed by atoms with Gasteiger partial charge in [-0.15, -0.1) is 0 Å². The lowest BCUT2D eigenvalue weighted by Gasteiger charge is -2.33. The SMILES string of the molecule is Cc1cc(C)c(C)c(OCC(=O)N(Cc2ccccc2)[C@H](Cc2ccccc2)C(=O)NC(C)(C)C)c1. The summed E-state index contributed by atoms with van der Waals surface area (Å²) in [6.45, 7) is 12.0. The van der Waals surface area contributed by atoms with Crippen LogP contribution in [-0.4, -0.2) is 34.9 Å². The molecule has 5 nitrogen and oxygen atoms in total. The van der Waals surface area contributed by atoms with E-state index in [0.29, 0.717) is 18.7 Å². The van der Waals surface area contributed by atoms with Crippen LogP contribution >= 0.6 is 0 Å². The summed E-state index contributed by atoms with van der Waals surface area (Å²) in [6.07, 6.45) is 0.407. The van der Waals surface area contributed by atoms with Crippen LogP contribution in [-0.2, 0) is 22.6 Å². The maximum Gasteiger partial charge on any atom is 0.261 e. The summed E-state index contributed by atoms with van der Waals surface area (Å²) < 4.78 is 6.04. The lowest BCUT2D eigenvalue weighted by molar-refractivity contribution is -0.143. The molecule has 0 spiro atoms. The average Bonchev–Trinajstić information content (AvgIpc) is 2.82. The Labute approximate surface area is 215 Å². The van der Waals surface area contributed by atoms with Crippen molar-refractivity contribution < 1.29 is 14.3 Å². The largest absolute Gasteiger partial charge is 0.483 e. The van der Waals surface area contributed by atoms with Crippen molar-refractivity contribution in [2.45, 2.75) is 66.1 Å². The number of hydrogen-bond donors (Lipinski definition) is 1. The molecule has 5 heteroatoms. The molecule has 1 atom stereocenters. The zero-order valence-corrected chi connectivity index (χ0v) is 22.3. The highest BCUT2D eigenvalue weighted by Gasteiger charge is 2.32. The molecule has 2 amide bonds. The summed E-state index contributed by atoms with van der Waals surface area (Å²) >= 11 is 0. The highest BCUT2D eigenvalue weighted by molar-refractivity contribution is 5.89. The number of hydrogen-bond acceptors (Lipinski definition) is 3. The third-order valence-corrected chi connectivity index (χ3v) is 6.08. The number of nitrogens with zero attached hydrogens (tertiary/aromatic N) is 1. The first-order valence-electron chi connectivity index (χ1n) is 12.4. The molecule has 0 aliphatic rings. The third kappa shape index (κ3) is 7.70. The minimum Gasteiger partial charge on any atom is -0.483 e. The number of ether oxygens (including phenoxy) is 1. The third-order valence-electron chi connectivity index (χ3n) is 6.08. The molecule has 0 aliphatic carbocycles. The summed E-state index contributed by atoms with van der Waals surface area (Å²) in [5, 5.41) is 3.08. The molecular formula is C31H38N2O3. The fourth-order valence-electron chi connectivity index (χ4n) is 4.16. The van der Waals surface area contributed by atoms with Gasteiger partial charge < -0.3 is 15.0 Å². The van der Waals surface area contributed by atoms with Crippen LogP contribution in [0.25, 0.3) is 0 Å². The van der Waals surface area contributed by atoms with Gasteiger partial charge in [-0.05, 0) is 75.4 Å². The molecule has 0 heterocycles. The summed E-state index contributed by atoms with van der Waals surface area (Å²) in [7, 11) is 0. The second-order valence-electron chi connectivity index (χ2n) is 10.4. The molecule has 0 aliphatic heterocycles. The standard InChI is InChI=1S/C31H38N2O3/c1-22-17-23(2)24(3)28(18-22)36-21-29(34)33(20-26-15-11-8-12-16-26)27(30(35)32-31(4,5)6)19-25-13-9-7-10-14-25/h7-18,27H,19-21H2,1-6H3,(H,32,35)/t27-/m1/s1. The Kier molecular flexibility index (Phi) is 8.92. The topological polar surface area (TPSA) is 58.6 Å². The predicted octanol–water partition coefficient (Wildman–Crippen LogP) is 5.55. The molecule has 3 rings (SSSR count). The van der Waals surface area contributed by atoms with Gasteiger partial charge in [0.2, 0.25) is 5.91 Å². The van der Waals surface area contributed by atoms with Crippen LogP contribution in [0.3, 0.4) is 0 Å². The second-order valence-corrected chi connectivity index (χ2v) is 10.4. The number of aryl methyl sites for hydroxylation is 2. The first-order valence-corrected chi connectivity index (χ1v) is 12.4. The van der Waals surface area contributed by atoms with Crippen LogP contribution in [0.2, 0.25) is 0 Å². The van der Waals surface area contributed by atoms with Gasteiger partial charge in [-0.1, -0.05) is 66.7 Å². The maximum atomic E-state index is 13.7. The van der Waals surface area contributed by atoms with Crippen molar-refractivity contribution in [3.05, 3.63) is 101 Å². The molecular weight excluding hydrogens is 448 g/mol. The number of carbonyl (C=O) groups excluding carboxylic acids is 2. The Morgan fingerprint density at radius 1 is 0.889 bits per heavy atom. The Morgan fingerprint density at radius 2 is 1.47 bits per heavy atom. The second kappa shape index (κ2) is 11.9. The molecule has 0 radical (unpaired) electrons. The van der Waals surface area contributed by atoms with Gasteiger partial charge >= 0.3 is 0 Å². The quantitative estimate of drug-likeness (QED) is 0.432. The van der Waals surface area contributed by atoms with Crippen molar-refractivity contribution in [1.29, 1.82) is 0 Å². The molecule has 0 fully saturated rings. The molecule has 0 saturated heterocycles. The number of carbonyl (C=O) groups is 2. The van der Waals surface area contributed by atoms with Crippen LogP contribution in [0.4, 0.5) is 0 Å². The van der Waals surface area contributed by atoms with E-state index in [-0.39, 0.29) is 18.4 Å². The Balaban J connectivity index is 1.94. The van der Waals surface area contributed by atoms with E-state index in [4.69, 9.17) is 4.74 Å². The van der Waals surface area contributed by atoms with E-state index >= 15 is 0 Å². The molecule has 1 N–H and O–H groups in total. The molecule has 0 aromatic heterocycles. The molecule has 0 bridgehead atoms. The van der Waals surface area contributed by atoms with Gasteiger partial charge in [0, 0.05) is 18.5 Å². The Hall–Kier alpha value is -3.60. The van der Waals surface area contributed by atoms with Crippen molar-refractivity contribution in [1.82, 2.24) is 10.2 Å². The van der Waals surface area contributed by atoms with Crippen LogP contribution in [0.1, 0.15) is 48.6 Å². The van der Waals surface area contributed by atoms with Gasteiger partial charge in [0.15, 0.2) is 6.61 Å². The smallest absolute Gasteiger partial charge is 0.261 e.